The summed E-state index contributed by atoms with van der Waals surface area (Å²) in [5, 5.41) is 10.1. The molecule has 2 rings (SSSR count). The molecule has 0 saturated carbocycles. The minimum absolute atomic E-state index is 0.0602. The minimum atomic E-state index is 0.0602. The number of aryl methyl sites for hydroxylation is 1. The van der Waals surface area contributed by atoms with Gasteiger partial charge < -0.3 is 10.6 Å². The Balaban J connectivity index is 1.78. The average Bonchev–Trinajstić information content (AvgIpc) is 2.58. The first-order valence-electron chi connectivity index (χ1n) is 5.50. The molecule has 0 aromatic carbocycles. The third-order valence-corrected chi connectivity index (χ3v) is 3.00. The zero-order valence-electron chi connectivity index (χ0n) is 9.60. The molecule has 6 nitrogen and oxygen atoms in total. The van der Waals surface area contributed by atoms with E-state index in [1.165, 1.54) is 0 Å². The fourth-order valence-corrected chi connectivity index (χ4v) is 1.67. The summed E-state index contributed by atoms with van der Waals surface area (Å²) < 4.78 is 1.63. The normalized spacial score (nSPS) is 17.9. The molecule has 0 spiro atoms. The van der Waals surface area contributed by atoms with Gasteiger partial charge in [0, 0.05) is 13.0 Å². The molecule has 1 amide bonds. The monoisotopic (exact) mass is 223 g/mol. The van der Waals surface area contributed by atoms with Crippen molar-refractivity contribution < 1.29 is 4.79 Å². The number of carbonyl (C=O) groups is 1. The van der Waals surface area contributed by atoms with Gasteiger partial charge in [0.15, 0.2) is 5.82 Å². The molecule has 1 unspecified atom stereocenters. The summed E-state index contributed by atoms with van der Waals surface area (Å²) in [5.41, 5.74) is 0. The highest BCUT2D eigenvalue weighted by atomic mass is 16.1. The zero-order valence-corrected chi connectivity index (χ0v) is 9.60. The van der Waals surface area contributed by atoms with Crippen LogP contribution in [0.1, 0.15) is 12.7 Å². The van der Waals surface area contributed by atoms with E-state index < -0.39 is 0 Å². The van der Waals surface area contributed by atoms with Crippen LogP contribution in [0.25, 0.3) is 0 Å². The van der Waals surface area contributed by atoms with Crippen LogP contribution in [0.2, 0.25) is 0 Å². The molecule has 1 atom stereocenters. The summed E-state index contributed by atoms with van der Waals surface area (Å²) in [6.45, 7) is 4.25. The first kappa shape index (κ1) is 11.1. The van der Waals surface area contributed by atoms with E-state index >= 15 is 0 Å². The second kappa shape index (κ2) is 4.61. The fourth-order valence-electron chi connectivity index (χ4n) is 1.67. The van der Waals surface area contributed by atoms with E-state index in [0.29, 0.717) is 18.3 Å². The molecule has 6 heteroatoms. The SMILES string of the molecule is CC(C(=O)NCc1ncn(C)n1)C1CNC1. The molecule has 0 aliphatic carbocycles. The first-order valence-corrected chi connectivity index (χ1v) is 5.50. The predicted molar refractivity (Wildman–Crippen MR) is 58.4 cm³/mol. The molecule has 1 aliphatic heterocycles. The van der Waals surface area contributed by atoms with Crippen LogP contribution in [0, 0.1) is 11.8 Å². The van der Waals surface area contributed by atoms with Crippen LogP contribution in [-0.4, -0.2) is 33.8 Å². The third-order valence-electron chi connectivity index (χ3n) is 3.00. The maximum absolute atomic E-state index is 11.8. The quantitative estimate of drug-likeness (QED) is 0.707. The molecule has 16 heavy (non-hydrogen) atoms. The number of hydrogen-bond donors (Lipinski definition) is 2. The summed E-state index contributed by atoms with van der Waals surface area (Å²) in [4.78, 5) is 15.8. The molecule has 1 aliphatic rings. The zero-order chi connectivity index (χ0) is 11.5. The van der Waals surface area contributed by atoms with Crippen molar-refractivity contribution in [3.05, 3.63) is 12.2 Å². The number of hydrogen-bond acceptors (Lipinski definition) is 4. The molecule has 2 N–H and O–H groups in total. The Morgan fingerprint density at radius 3 is 3.00 bits per heavy atom. The molecule has 1 aromatic rings. The molecule has 0 bridgehead atoms. The van der Waals surface area contributed by atoms with Crippen LogP contribution in [0.5, 0.6) is 0 Å². The Hall–Kier alpha value is -1.43. The van der Waals surface area contributed by atoms with Crippen LogP contribution < -0.4 is 10.6 Å². The summed E-state index contributed by atoms with van der Waals surface area (Å²) in [7, 11) is 1.81. The van der Waals surface area contributed by atoms with Gasteiger partial charge in [0.2, 0.25) is 5.91 Å². The number of rotatable bonds is 4. The summed E-state index contributed by atoms with van der Waals surface area (Å²) in [6.07, 6.45) is 1.63. The summed E-state index contributed by atoms with van der Waals surface area (Å²) in [5.74, 6) is 1.26. The number of amides is 1. The van der Waals surface area contributed by atoms with E-state index in [9.17, 15) is 4.79 Å². The van der Waals surface area contributed by atoms with Crippen molar-refractivity contribution in [3.63, 3.8) is 0 Å². The van der Waals surface area contributed by atoms with Gasteiger partial charge in [-0.1, -0.05) is 6.92 Å². The van der Waals surface area contributed by atoms with E-state index in [1.54, 1.807) is 18.1 Å². The van der Waals surface area contributed by atoms with E-state index in [1.807, 2.05) is 6.92 Å². The average molecular weight is 223 g/mol. The van der Waals surface area contributed by atoms with Gasteiger partial charge in [-0.15, -0.1) is 0 Å². The van der Waals surface area contributed by atoms with Crippen LogP contribution in [-0.2, 0) is 18.4 Å². The van der Waals surface area contributed by atoms with Gasteiger partial charge in [0.05, 0.1) is 6.54 Å². The van der Waals surface area contributed by atoms with Gasteiger partial charge in [-0.2, -0.15) is 5.10 Å². The van der Waals surface area contributed by atoms with Crippen LogP contribution >= 0.6 is 0 Å². The summed E-state index contributed by atoms with van der Waals surface area (Å²) in [6, 6.07) is 0. The molecule has 0 radical (unpaired) electrons. The lowest BCUT2D eigenvalue weighted by atomic mass is 9.88. The van der Waals surface area contributed by atoms with Crippen LogP contribution in [0.4, 0.5) is 0 Å². The Kier molecular flexibility index (Phi) is 3.19. The van der Waals surface area contributed by atoms with Gasteiger partial charge in [-0.25, -0.2) is 4.98 Å². The molecule has 2 heterocycles. The van der Waals surface area contributed by atoms with Crippen molar-refractivity contribution in [2.45, 2.75) is 13.5 Å². The number of nitrogens with one attached hydrogen (secondary N) is 2. The first-order chi connectivity index (χ1) is 7.66. The van der Waals surface area contributed by atoms with Crippen molar-refractivity contribution in [2.24, 2.45) is 18.9 Å². The number of nitrogens with zero attached hydrogens (tertiary/aromatic N) is 3. The fraction of sp³-hybridized carbons (Fsp3) is 0.700. The Labute approximate surface area is 94.4 Å². The minimum Gasteiger partial charge on any atom is -0.348 e. The lowest BCUT2D eigenvalue weighted by Gasteiger charge is -2.31. The molecule has 88 valence electrons. The summed E-state index contributed by atoms with van der Waals surface area (Å²) >= 11 is 0. The lowest BCUT2D eigenvalue weighted by Crippen LogP contribution is -2.49. The van der Waals surface area contributed by atoms with Gasteiger partial charge in [-0.3, -0.25) is 9.48 Å². The molecule has 1 fully saturated rings. The van der Waals surface area contributed by atoms with E-state index in [2.05, 4.69) is 20.7 Å². The highest BCUT2D eigenvalue weighted by molar-refractivity contribution is 5.78. The van der Waals surface area contributed by atoms with Gasteiger partial charge in [-0.05, 0) is 19.0 Å². The molecule has 1 aromatic heterocycles. The number of aromatic nitrogens is 3. The molecular formula is C10H17N5O. The standard InChI is InChI=1S/C10H17N5O/c1-7(8-3-11-4-8)10(16)12-5-9-13-6-15(2)14-9/h6-8,11H,3-5H2,1-2H3,(H,12,16). The van der Waals surface area contributed by atoms with Crippen molar-refractivity contribution in [1.29, 1.82) is 0 Å². The predicted octanol–water partition coefficient (Wildman–Crippen LogP) is -0.713. The third kappa shape index (κ3) is 2.38. The van der Waals surface area contributed by atoms with Crippen molar-refractivity contribution in [2.75, 3.05) is 13.1 Å². The topological polar surface area (TPSA) is 71.8 Å². The highest BCUT2D eigenvalue weighted by Gasteiger charge is 2.28. The van der Waals surface area contributed by atoms with Crippen molar-refractivity contribution in [3.8, 4) is 0 Å². The van der Waals surface area contributed by atoms with Gasteiger partial charge in [0.25, 0.3) is 0 Å². The van der Waals surface area contributed by atoms with Crippen molar-refractivity contribution >= 4 is 5.91 Å². The highest BCUT2D eigenvalue weighted by Crippen LogP contribution is 2.15. The van der Waals surface area contributed by atoms with Crippen LogP contribution in [0.3, 0.4) is 0 Å². The Morgan fingerprint density at radius 1 is 1.75 bits per heavy atom. The van der Waals surface area contributed by atoms with Crippen molar-refractivity contribution in [1.82, 2.24) is 25.4 Å². The maximum atomic E-state index is 11.8. The smallest absolute Gasteiger partial charge is 0.223 e. The number of carbonyl (C=O) groups excluding carboxylic acids is 1. The molecular weight excluding hydrogens is 206 g/mol. The van der Waals surface area contributed by atoms with Crippen LogP contribution in [0.15, 0.2) is 6.33 Å². The second-order valence-corrected chi connectivity index (χ2v) is 4.26. The second-order valence-electron chi connectivity index (χ2n) is 4.26. The van der Waals surface area contributed by atoms with E-state index in [0.717, 1.165) is 13.1 Å². The Bertz CT molecular complexity index is 371. The lowest BCUT2D eigenvalue weighted by molar-refractivity contribution is -0.126. The largest absolute Gasteiger partial charge is 0.348 e. The Morgan fingerprint density at radius 2 is 2.50 bits per heavy atom. The van der Waals surface area contributed by atoms with Gasteiger partial charge in [0.1, 0.15) is 6.33 Å². The maximum Gasteiger partial charge on any atom is 0.223 e. The van der Waals surface area contributed by atoms with E-state index in [4.69, 9.17) is 0 Å². The van der Waals surface area contributed by atoms with E-state index in [-0.39, 0.29) is 11.8 Å². The molecule has 1 saturated heterocycles. The van der Waals surface area contributed by atoms with Gasteiger partial charge >= 0.3 is 0 Å².